The van der Waals surface area contributed by atoms with Crippen LogP contribution in [-0.2, 0) is 6.54 Å². The number of fused-ring (bicyclic) bond motifs is 1. The van der Waals surface area contributed by atoms with Crippen LogP contribution >= 0.6 is 0 Å². The second kappa shape index (κ2) is 5.95. The van der Waals surface area contributed by atoms with Gasteiger partial charge < -0.3 is 5.32 Å². The van der Waals surface area contributed by atoms with Crippen LogP contribution < -0.4 is 5.32 Å². The van der Waals surface area contributed by atoms with Crippen molar-refractivity contribution in [2.75, 3.05) is 11.9 Å². The molecular weight excluding hydrogens is 260 g/mol. The number of hydrogen-bond acceptors (Lipinski definition) is 3. The molecule has 0 radical (unpaired) electrons. The minimum absolute atomic E-state index is 0.734. The van der Waals surface area contributed by atoms with E-state index in [-0.39, 0.29) is 0 Å². The molecule has 0 fully saturated rings. The van der Waals surface area contributed by atoms with Gasteiger partial charge in [-0.05, 0) is 31.5 Å². The summed E-state index contributed by atoms with van der Waals surface area (Å²) in [6.07, 6.45) is 3.09. The van der Waals surface area contributed by atoms with Crippen molar-refractivity contribution in [2.45, 2.75) is 26.8 Å². The number of para-hydroxylation sites is 1. The average molecular weight is 280 g/mol. The predicted molar refractivity (Wildman–Crippen MR) is 86.6 cm³/mol. The van der Waals surface area contributed by atoms with Crippen LogP contribution in [0.1, 0.15) is 24.6 Å². The Labute approximate surface area is 124 Å². The number of aromatic nitrogens is 3. The van der Waals surface area contributed by atoms with Gasteiger partial charge in [0.1, 0.15) is 5.82 Å². The summed E-state index contributed by atoms with van der Waals surface area (Å²) in [5, 5.41) is 9.06. The summed E-state index contributed by atoms with van der Waals surface area (Å²) in [4.78, 5) is 4.76. The Bertz CT molecular complexity index is 745. The molecule has 108 valence electrons. The van der Waals surface area contributed by atoms with Gasteiger partial charge in [0, 0.05) is 23.7 Å². The number of rotatable bonds is 5. The summed E-state index contributed by atoms with van der Waals surface area (Å²) < 4.78 is 1.96. The van der Waals surface area contributed by atoms with E-state index in [2.05, 4.69) is 29.5 Å². The second-order valence-corrected chi connectivity index (χ2v) is 5.27. The fourth-order valence-corrected chi connectivity index (χ4v) is 2.40. The molecule has 2 heterocycles. The van der Waals surface area contributed by atoms with E-state index >= 15 is 0 Å². The molecule has 0 atom stereocenters. The Balaban J connectivity index is 2.00. The van der Waals surface area contributed by atoms with E-state index in [0.717, 1.165) is 36.5 Å². The van der Waals surface area contributed by atoms with E-state index in [1.165, 1.54) is 10.9 Å². The lowest BCUT2D eigenvalue weighted by atomic mass is 10.1. The topological polar surface area (TPSA) is 42.7 Å². The van der Waals surface area contributed by atoms with Crippen LogP contribution in [0.25, 0.3) is 10.9 Å². The third-order valence-electron chi connectivity index (χ3n) is 3.45. The molecule has 4 nitrogen and oxygen atoms in total. The smallest absolute Gasteiger partial charge is 0.131 e. The van der Waals surface area contributed by atoms with Crippen molar-refractivity contribution in [2.24, 2.45) is 0 Å². The summed E-state index contributed by atoms with van der Waals surface area (Å²) in [7, 11) is 0. The van der Waals surface area contributed by atoms with Gasteiger partial charge in [0.2, 0.25) is 0 Å². The summed E-state index contributed by atoms with van der Waals surface area (Å²) in [6, 6.07) is 12.4. The van der Waals surface area contributed by atoms with Crippen LogP contribution in [-0.4, -0.2) is 21.3 Å². The first-order chi connectivity index (χ1) is 10.3. The Morgan fingerprint density at radius 2 is 2.05 bits per heavy atom. The molecule has 0 spiro atoms. The number of benzene rings is 1. The maximum Gasteiger partial charge on any atom is 0.131 e. The van der Waals surface area contributed by atoms with Crippen molar-refractivity contribution in [1.82, 2.24) is 14.8 Å². The van der Waals surface area contributed by atoms with Crippen LogP contribution in [0.5, 0.6) is 0 Å². The van der Waals surface area contributed by atoms with E-state index < -0.39 is 0 Å². The summed E-state index contributed by atoms with van der Waals surface area (Å²) >= 11 is 0. The second-order valence-electron chi connectivity index (χ2n) is 5.27. The quantitative estimate of drug-likeness (QED) is 0.776. The van der Waals surface area contributed by atoms with E-state index in [1.54, 1.807) is 0 Å². The highest BCUT2D eigenvalue weighted by molar-refractivity contribution is 5.81. The molecule has 0 saturated heterocycles. The number of nitrogens with one attached hydrogen (secondary N) is 1. The molecule has 0 saturated carbocycles. The first kappa shape index (κ1) is 13.6. The maximum absolute atomic E-state index is 4.76. The molecule has 4 heteroatoms. The highest BCUT2D eigenvalue weighted by Gasteiger charge is 2.08. The lowest BCUT2D eigenvalue weighted by Gasteiger charge is -2.12. The first-order valence-electron chi connectivity index (χ1n) is 7.39. The van der Waals surface area contributed by atoms with Crippen LogP contribution in [0.2, 0.25) is 0 Å². The van der Waals surface area contributed by atoms with Gasteiger partial charge in [-0.2, -0.15) is 5.10 Å². The van der Waals surface area contributed by atoms with E-state index in [1.807, 2.05) is 42.1 Å². The number of anilines is 1. The molecule has 0 amide bonds. The SMILES string of the molecule is CCCNc1nc2ccccc2cc1Cn1ccc(C)n1. The third-order valence-corrected chi connectivity index (χ3v) is 3.45. The average Bonchev–Trinajstić information content (AvgIpc) is 2.90. The van der Waals surface area contributed by atoms with Gasteiger partial charge >= 0.3 is 0 Å². The van der Waals surface area contributed by atoms with Crippen LogP contribution in [0.4, 0.5) is 5.82 Å². The normalized spacial score (nSPS) is 11.0. The Morgan fingerprint density at radius 1 is 1.19 bits per heavy atom. The van der Waals surface area contributed by atoms with Gasteiger partial charge in [-0.1, -0.05) is 25.1 Å². The molecule has 2 aromatic heterocycles. The summed E-state index contributed by atoms with van der Waals surface area (Å²) in [5.41, 5.74) is 3.23. The fraction of sp³-hybridized carbons (Fsp3) is 0.294. The highest BCUT2D eigenvalue weighted by Crippen LogP contribution is 2.21. The third kappa shape index (κ3) is 3.05. The highest BCUT2D eigenvalue weighted by atomic mass is 15.3. The standard InChI is InChI=1S/C17H20N4/c1-3-9-18-17-15(12-21-10-8-13(2)20-21)11-14-6-4-5-7-16(14)19-17/h4-8,10-11H,3,9,12H2,1-2H3,(H,18,19). The van der Waals surface area contributed by atoms with Crippen molar-refractivity contribution in [3.8, 4) is 0 Å². The summed E-state index contributed by atoms with van der Waals surface area (Å²) in [6.45, 7) is 5.82. The molecule has 0 aliphatic heterocycles. The van der Waals surface area contributed by atoms with Gasteiger partial charge in [0.05, 0.1) is 17.8 Å². The Hall–Kier alpha value is -2.36. The Morgan fingerprint density at radius 3 is 2.81 bits per heavy atom. The zero-order chi connectivity index (χ0) is 14.7. The van der Waals surface area contributed by atoms with Crippen LogP contribution in [0, 0.1) is 6.92 Å². The minimum atomic E-state index is 0.734. The zero-order valence-corrected chi connectivity index (χ0v) is 12.5. The molecular formula is C17H20N4. The monoisotopic (exact) mass is 280 g/mol. The van der Waals surface area contributed by atoms with Crippen molar-refractivity contribution >= 4 is 16.7 Å². The predicted octanol–water partition coefficient (Wildman–Crippen LogP) is 3.61. The van der Waals surface area contributed by atoms with Gasteiger partial charge in [-0.15, -0.1) is 0 Å². The Kier molecular flexibility index (Phi) is 3.86. The molecule has 0 unspecified atom stereocenters. The minimum Gasteiger partial charge on any atom is -0.370 e. The lowest BCUT2D eigenvalue weighted by molar-refractivity contribution is 0.679. The van der Waals surface area contributed by atoms with Crippen molar-refractivity contribution in [1.29, 1.82) is 0 Å². The van der Waals surface area contributed by atoms with Crippen LogP contribution in [0.15, 0.2) is 42.6 Å². The van der Waals surface area contributed by atoms with E-state index in [9.17, 15) is 0 Å². The van der Waals surface area contributed by atoms with Crippen molar-refractivity contribution in [3.05, 3.63) is 53.9 Å². The number of pyridine rings is 1. The molecule has 3 rings (SSSR count). The van der Waals surface area contributed by atoms with Gasteiger partial charge in [-0.3, -0.25) is 4.68 Å². The number of nitrogens with zero attached hydrogens (tertiary/aromatic N) is 3. The van der Waals surface area contributed by atoms with Crippen LogP contribution in [0.3, 0.4) is 0 Å². The zero-order valence-electron chi connectivity index (χ0n) is 12.5. The molecule has 21 heavy (non-hydrogen) atoms. The molecule has 0 aliphatic carbocycles. The fourth-order valence-electron chi connectivity index (χ4n) is 2.40. The molecule has 1 aromatic carbocycles. The number of aryl methyl sites for hydroxylation is 1. The van der Waals surface area contributed by atoms with Gasteiger partial charge in [0.25, 0.3) is 0 Å². The molecule has 0 aliphatic rings. The maximum atomic E-state index is 4.76. The molecule has 0 bridgehead atoms. The molecule has 1 N–H and O–H groups in total. The van der Waals surface area contributed by atoms with Crippen molar-refractivity contribution < 1.29 is 0 Å². The van der Waals surface area contributed by atoms with Gasteiger partial charge in [0.15, 0.2) is 0 Å². The van der Waals surface area contributed by atoms with E-state index in [0.29, 0.717) is 0 Å². The summed E-state index contributed by atoms with van der Waals surface area (Å²) in [5.74, 6) is 0.962. The lowest BCUT2D eigenvalue weighted by Crippen LogP contribution is -2.09. The van der Waals surface area contributed by atoms with Gasteiger partial charge in [-0.25, -0.2) is 4.98 Å². The first-order valence-corrected chi connectivity index (χ1v) is 7.39. The largest absolute Gasteiger partial charge is 0.370 e. The molecule has 3 aromatic rings. The number of hydrogen-bond donors (Lipinski definition) is 1. The van der Waals surface area contributed by atoms with Crippen molar-refractivity contribution in [3.63, 3.8) is 0 Å². The van der Waals surface area contributed by atoms with E-state index in [4.69, 9.17) is 4.98 Å².